The average Bonchev–Trinajstić information content (AvgIpc) is 3.26. The summed E-state index contributed by atoms with van der Waals surface area (Å²) in [7, 11) is -4.21. The van der Waals surface area contributed by atoms with Gasteiger partial charge in [-0.2, -0.15) is 0 Å². The van der Waals surface area contributed by atoms with Crippen LogP contribution in [0.3, 0.4) is 0 Å². The van der Waals surface area contributed by atoms with Gasteiger partial charge in [0.25, 0.3) is 5.56 Å². The van der Waals surface area contributed by atoms with Crippen molar-refractivity contribution in [1.82, 2.24) is 14.1 Å². The minimum absolute atomic E-state index is 0.0880. The topological polar surface area (TPSA) is 97.0 Å². The predicted octanol–water partition coefficient (Wildman–Crippen LogP) is 4.09. The highest BCUT2D eigenvalue weighted by molar-refractivity contribution is 6.84. The Bertz CT molecular complexity index is 1150. The highest BCUT2D eigenvalue weighted by atomic mass is 28.5. The minimum atomic E-state index is -2.96. The molecule has 0 saturated carbocycles. The van der Waals surface area contributed by atoms with Crippen LogP contribution in [0, 0.1) is 5.82 Å². The highest BCUT2D eigenvalue weighted by Crippen LogP contribution is 2.48. The fourth-order valence-corrected chi connectivity index (χ4v) is 17.0. The van der Waals surface area contributed by atoms with Crippen molar-refractivity contribution in [3.8, 4) is 0 Å². The summed E-state index contributed by atoms with van der Waals surface area (Å²) >= 11 is 0. The molecule has 0 unspecified atom stereocenters. The molecule has 0 aliphatic carbocycles. The number of ether oxygens (including phenoxy) is 1. The van der Waals surface area contributed by atoms with Crippen molar-refractivity contribution in [3.05, 3.63) is 28.7 Å². The van der Waals surface area contributed by atoms with Crippen LogP contribution in [-0.4, -0.2) is 61.3 Å². The number of aryl methyl sites for hydroxylation is 1. The largest absolute Gasteiger partial charge is 0.414 e. The number of hydrogen-bond donors (Lipinski definition) is 1. The molecular formula is C24H40FN3O6Si2. The molecule has 0 bridgehead atoms. The van der Waals surface area contributed by atoms with E-state index in [9.17, 15) is 14.3 Å². The van der Waals surface area contributed by atoms with Crippen molar-refractivity contribution in [2.75, 3.05) is 6.61 Å². The standard InChI is InChI=1S/C24H40FN3O6Si2/c1-13(2)35(14(3)4)31-11-18-21(33-36(34-35,15(5)6)16(7)8)20(29)24(32-18)28-10-17(25)19-22(28)26-12-27(9)23(19)30/h10,12-16,18,20-21,24,29H,11H2,1-9H3/t18-,20-,21-,24-/m1/s1. The number of hydrogen-bond acceptors (Lipinski definition) is 7. The zero-order chi connectivity index (χ0) is 26.7. The molecule has 2 aromatic heterocycles. The van der Waals surface area contributed by atoms with Gasteiger partial charge in [-0.25, -0.2) is 9.37 Å². The van der Waals surface area contributed by atoms with Crippen LogP contribution in [0.2, 0.25) is 22.2 Å². The van der Waals surface area contributed by atoms with Crippen molar-refractivity contribution >= 4 is 28.2 Å². The molecule has 2 fully saturated rings. The lowest BCUT2D eigenvalue weighted by molar-refractivity contribution is -0.0570. The summed E-state index contributed by atoms with van der Waals surface area (Å²) < 4.78 is 44.6. The van der Waals surface area contributed by atoms with Crippen molar-refractivity contribution < 1.29 is 27.2 Å². The van der Waals surface area contributed by atoms with Gasteiger partial charge >= 0.3 is 17.1 Å². The number of aliphatic hydroxyl groups excluding tert-OH is 1. The van der Waals surface area contributed by atoms with Crippen LogP contribution in [-0.2, 0) is 24.8 Å². The summed E-state index contributed by atoms with van der Waals surface area (Å²) in [6.07, 6.45) is -0.952. The fraction of sp³-hybridized carbons (Fsp3) is 0.750. The number of halogens is 1. The zero-order valence-electron chi connectivity index (χ0n) is 22.7. The number of aromatic nitrogens is 3. The molecule has 0 spiro atoms. The zero-order valence-corrected chi connectivity index (χ0v) is 24.7. The van der Waals surface area contributed by atoms with Gasteiger partial charge in [-0.1, -0.05) is 55.4 Å². The molecule has 2 aliphatic heterocycles. The second kappa shape index (κ2) is 9.71. The van der Waals surface area contributed by atoms with Crippen LogP contribution in [0.4, 0.5) is 4.39 Å². The fourth-order valence-electron chi connectivity index (χ4n) is 5.74. The summed E-state index contributed by atoms with van der Waals surface area (Å²) in [5.74, 6) is -0.710. The molecule has 0 aromatic carbocycles. The van der Waals surface area contributed by atoms with E-state index in [2.05, 4.69) is 60.4 Å². The Labute approximate surface area is 214 Å². The molecule has 1 N–H and O–H groups in total. The number of rotatable bonds is 5. The van der Waals surface area contributed by atoms with Crippen LogP contribution >= 0.6 is 0 Å². The predicted molar refractivity (Wildman–Crippen MR) is 139 cm³/mol. The van der Waals surface area contributed by atoms with E-state index in [0.717, 1.165) is 0 Å². The van der Waals surface area contributed by atoms with Gasteiger partial charge in [-0.15, -0.1) is 0 Å². The molecule has 36 heavy (non-hydrogen) atoms. The Morgan fingerprint density at radius 1 is 1.06 bits per heavy atom. The van der Waals surface area contributed by atoms with Crippen LogP contribution in [0.1, 0.15) is 61.6 Å². The highest BCUT2D eigenvalue weighted by Gasteiger charge is 2.61. The van der Waals surface area contributed by atoms with Crippen LogP contribution < -0.4 is 5.56 Å². The molecule has 4 atom stereocenters. The quantitative estimate of drug-likeness (QED) is 0.570. The summed E-state index contributed by atoms with van der Waals surface area (Å²) in [4.78, 5) is 16.8. The summed E-state index contributed by atoms with van der Waals surface area (Å²) in [6.45, 7) is 17.2. The smallest absolute Gasteiger partial charge is 0.335 e. The van der Waals surface area contributed by atoms with Gasteiger partial charge in [0.2, 0.25) is 0 Å². The summed E-state index contributed by atoms with van der Waals surface area (Å²) in [5, 5.41) is 11.4. The Morgan fingerprint density at radius 3 is 2.19 bits per heavy atom. The lowest BCUT2D eigenvalue weighted by Gasteiger charge is -2.51. The lowest BCUT2D eigenvalue weighted by Crippen LogP contribution is -2.65. The monoisotopic (exact) mass is 541 g/mol. The lowest BCUT2D eigenvalue weighted by atomic mass is 10.1. The average molecular weight is 542 g/mol. The third-order valence-electron chi connectivity index (χ3n) is 7.76. The molecule has 9 nitrogen and oxygen atoms in total. The third-order valence-corrected chi connectivity index (χ3v) is 18.0. The first-order valence-corrected chi connectivity index (χ1v) is 16.8. The van der Waals surface area contributed by atoms with Crippen molar-refractivity contribution in [3.63, 3.8) is 0 Å². The maximum Gasteiger partial charge on any atom is 0.335 e. The van der Waals surface area contributed by atoms with Crippen molar-refractivity contribution in [2.45, 2.75) is 102 Å². The van der Waals surface area contributed by atoms with E-state index in [-0.39, 0.29) is 39.8 Å². The van der Waals surface area contributed by atoms with E-state index in [4.69, 9.17) is 17.7 Å². The van der Waals surface area contributed by atoms with Crippen molar-refractivity contribution in [2.24, 2.45) is 7.05 Å². The Kier molecular flexibility index (Phi) is 7.45. The molecule has 0 radical (unpaired) electrons. The molecule has 2 saturated heterocycles. The molecule has 0 amide bonds. The molecule has 12 heteroatoms. The van der Waals surface area contributed by atoms with Gasteiger partial charge in [0, 0.05) is 13.2 Å². The Morgan fingerprint density at radius 2 is 1.64 bits per heavy atom. The van der Waals surface area contributed by atoms with E-state index in [1.165, 1.54) is 28.7 Å². The number of aliphatic hydroxyl groups is 1. The first-order chi connectivity index (χ1) is 16.8. The SMILES string of the molecule is CC(C)[Si]1(C(C)C)OC[C@H]2O[C@@H](n3cc(F)c4c(=O)n(C)cnc43)[C@H](O)[C@@H]2O[Si](C(C)C)(C(C)C)O1. The van der Waals surface area contributed by atoms with Crippen LogP contribution in [0.15, 0.2) is 17.3 Å². The van der Waals surface area contributed by atoms with E-state index >= 15 is 0 Å². The third kappa shape index (κ3) is 4.14. The van der Waals surface area contributed by atoms with Crippen LogP contribution in [0.25, 0.3) is 11.0 Å². The van der Waals surface area contributed by atoms with Gasteiger partial charge < -0.3 is 31.9 Å². The number of fused-ring (bicyclic) bond motifs is 2. The van der Waals surface area contributed by atoms with Crippen molar-refractivity contribution in [1.29, 1.82) is 0 Å². The van der Waals surface area contributed by atoms with Gasteiger partial charge in [-0.05, 0) is 22.2 Å². The first kappa shape index (κ1) is 27.6. The molecule has 202 valence electrons. The van der Waals surface area contributed by atoms with Gasteiger partial charge in [0.05, 0.1) is 12.9 Å². The van der Waals surface area contributed by atoms with Gasteiger partial charge in [0.15, 0.2) is 17.7 Å². The molecule has 4 heterocycles. The van der Waals surface area contributed by atoms with E-state index in [0.29, 0.717) is 0 Å². The second-order valence-corrected chi connectivity index (χ2v) is 20.2. The first-order valence-electron chi connectivity index (χ1n) is 12.8. The van der Waals surface area contributed by atoms with E-state index in [1.807, 2.05) is 0 Å². The molecule has 2 aliphatic rings. The Balaban J connectivity index is 1.81. The number of nitrogens with zero attached hydrogens (tertiary/aromatic N) is 3. The van der Waals surface area contributed by atoms with Gasteiger partial charge in [-0.3, -0.25) is 4.79 Å². The molecule has 2 aromatic rings. The maximum absolute atomic E-state index is 14.9. The molecule has 4 rings (SSSR count). The normalized spacial score (nSPS) is 28.3. The minimum Gasteiger partial charge on any atom is -0.414 e. The Hall–Kier alpha value is -1.42. The summed E-state index contributed by atoms with van der Waals surface area (Å²) in [6, 6.07) is 0. The summed E-state index contributed by atoms with van der Waals surface area (Å²) in [5.41, 5.74) is 0.142. The molecular weight excluding hydrogens is 501 g/mol. The van der Waals surface area contributed by atoms with Crippen LogP contribution in [0.5, 0.6) is 0 Å². The van der Waals surface area contributed by atoms with E-state index in [1.54, 1.807) is 0 Å². The van der Waals surface area contributed by atoms with Gasteiger partial charge in [0.1, 0.15) is 23.7 Å². The maximum atomic E-state index is 14.9. The van der Waals surface area contributed by atoms with E-state index < -0.39 is 53.0 Å². The second-order valence-electron chi connectivity index (χ2n) is 11.4.